The molecule has 2 aromatic heterocycles. The van der Waals surface area contributed by atoms with E-state index < -0.39 is 0 Å². The highest BCUT2D eigenvalue weighted by Crippen LogP contribution is 2.61. The molecule has 1 atom stereocenters. The van der Waals surface area contributed by atoms with Gasteiger partial charge in [0.2, 0.25) is 0 Å². The number of amides is 1. The van der Waals surface area contributed by atoms with Crippen molar-refractivity contribution in [2.45, 2.75) is 51.5 Å². The molecule has 6 heteroatoms. The van der Waals surface area contributed by atoms with E-state index in [2.05, 4.69) is 12.2 Å². The Morgan fingerprint density at radius 1 is 1.15 bits per heavy atom. The number of rotatable bonds is 5. The fraction of sp³-hybridized carbons (Fsp3) is 0.481. The molecule has 7 rings (SSSR count). The molecular weight excluding hydrogens is 430 g/mol. The minimum Gasteiger partial charge on any atom is -0.497 e. The third-order valence-corrected chi connectivity index (χ3v) is 9.63. The fourth-order valence-electron chi connectivity index (χ4n) is 7.23. The number of anilines is 1. The first kappa shape index (κ1) is 21.0. The van der Waals surface area contributed by atoms with Gasteiger partial charge in [0, 0.05) is 17.0 Å². The molecule has 172 valence electrons. The summed E-state index contributed by atoms with van der Waals surface area (Å²) in [6, 6.07) is 11.9. The van der Waals surface area contributed by atoms with Gasteiger partial charge in [-0.25, -0.2) is 4.98 Å². The molecule has 0 radical (unpaired) electrons. The molecule has 33 heavy (non-hydrogen) atoms. The number of benzene rings is 1. The summed E-state index contributed by atoms with van der Waals surface area (Å²) in [7, 11) is 1.66. The molecular formula is C27H31N3O2S. The Balaban J connectivity index is 1.26. The molecule has 0 saturated heterocycles. The zero-order valence-electron chi connectivity index (χ0n) is 19.3. The highest BCUT2D eigenvalue weighted by atomic mass is 32.1. The number of nitrogens with one attached hydrogen (secondary N) is 1. The second-order valence-electron chi connectivity index (χ2n) is 10.6. The number of hydrogen-bond acceptors (Lipinski definition) is 5. The number of hydrogen-bond donors (Lipinski definition) is 2. The number of thiophene rings is 1. The lowest BCUT2D eigenvalue weighted by atomic mass is 9.48. The molecule has 3 aromatic rings. The predicted molar refractivity (Wildman–Crippen MR) is 134 cm³/mol. The van der Waals surface area contributed by atoms with Crippen molar-refractivity contribution in [1.82, 2.24) is 10.3 Å². The van der Waals surface area contributed by atoms with Gasteiger partial charge in [0.25, 0.3) is 5.91 Å². The topological polar surface area (TPSA) is 77.2 Å². The number of aromatic nitrogens is 1. The summed E-state index contributed by atoms with van der Waals surface area (Å²) in [5.74, 6) is 3.33. The average molecular weight is 462 g/mol. The molecule has 4 fully saturated rings. The van der Waals surface area contributed by atoms with Crippen LogP contribution in [0.25, 0.3) is 21.5 Å². The molecule has 1 unspecified atom stereocenters. The van der Waals surface area contributed by atoms with Crippen molar-refractivity contribution in [2.75, 3.05) is 12.8 Å². The monoisotopic (exact) mass is 461 g/mol. The number of methoxy groups -OCH3 is 1. The van der Waals surface area contributed by atoms with Gasteiger partial charge in [0.05, 0.1) is 18.5 Å². The van der Waals surface area contributed by atoms with Crippen LogP contribution < -0.4 is 15.8 Å². The first-order valence-corrected chi connectivity index (χ1v) is 12.9. The molecule has 5 nitrogen and oxygen atoms in total. The van der Waals surface area contributed by atoms with E-state index in [0.29, 0.717) is 10.6 Å². The van der Waals surface area contributed by atoms with Crippen LogP contribution in [0.4, 0.5) is 5.69 Å². The summed E-state index contributed by atoms with van der Waals surface area (Å²) in [5.41, 5.74) is 9.07. The third-order valence-electron chi connectivity index (χ3n) is 8.52. The summed E-state index contributed by atoms with van der Waals surface area (Å²) in [6.45, 7) is 2.22. The highest BCUT2D eigenvalue weighted by molar-refractivity contribution is 7.21. The van der Waals surface area contributed by atoms with Crippen LogP contribution in [-0.4, -0.2) is 24.0 Å². The Bertz CT molecular complexity index is 1200. The quantitative estimate of drug-likeness (QED) is 0.497. The Labute approximate surface area is 198 Å². The zero-order valence-corrected chi connectivity index (χ0v) is 20.1. The Hall–Kier alpha value is -2.60. The van der Waals surface area contributed by atoms with Crippen molar-refractivity contribution in [3.63, 3.8) is 0 Å². The summed E-state index contributed by atoms with van der Waals surface area (Å²) < 4.78 is 5.34. The number of carbonyl (C=O) groups is 1. The van der Waals surface area contributed by atoms with Crippen LogP contribution in [0.3, 0.4) is 0 Å². The Morgan fingerprint density at radius 2 is 1.85 bits per heavy atom. The van der Waals surface area contributed by atoms with E-state index in [0.717, 1.165) is 45.0 Å². The number of nitrogen functional groups attached to an aromatic ring is 1. The second kappa shape index (κ2) is 7.73. The van der Waals surface area contributed by atoms with Crippen LogP contribution in [0.1, 0.15) is 55.1 Å². The lowest BCUT2D eigenvalue weighted by molar-refractivity contribution is -0.0687. The van der Waals surface area contributed by atoms with Gasteiger partial charge in [-0.3, -0.25) is 4.79 Å². The molecule has 0 spiro atoms. The second-order valence-corrected chi connectivity index (χ2v) is 11.6. The molecule has 1 aromatic carbocycles. The van der Waals surface area contributed by atoms with E-state index in [9.17, 15) is 4.79 Å². The molecule has 4 aliphatic carbocycles. The smallest absolute Gasteiger partial charge is 0.263 e. The van der Waals surface area contributed by atoms with Gasteiger partial charge in [0.15, 0.2) is 0 Å². The number of carbonyl (C=O) groups excluding carboxylic acids is 1. The van der Waals surface area contributed by atoms with Crippen molar-refractivity contribution < 1.29 is 9.53 Å². The van der Waals surface area contributed by atoms with Crippen molar-refractivity contribution in [1.29, 1.82) is 0 Å². The first-order chi connectivity index (χ1) is 15.9. The van der Waals surface area contributed by atoms with Crippen LogP contribution in [0, 0.1) is 23.2 Å². The summed E-state index contributed by atoms with van der Waals surface area (Å²) in [4.78, 5) is 19.5. The van der Waals surface area contributed by atoms with Crippen LogP contribution in [0.5, 0.6) is 5.75 Å². The Kier molecular flexibility index (Phi) is 4.91. The van der Waals surface area contributed by atoms with E-state index in [-0.39, 0.29) is 17.4 Å². The van der Waals surface area contributed by atoms with Gasteiger partial charge in [-0.05, 0) is 92.9 Å². The zero-order chi connectivity index (χ0) is 22.7. The lowest BCUT2D eigenvalue weighted by Crippen LogP contribution is -2.55. The molecule has 4 saturated carbocycles. The molecule has 4 aliphatic rings. The standard InChI is InChI=1S/C27H31N3O2S/c1-15(27-12-16-8-17(13-27)10-18(9-16)14-27)29-25(31)24-23(28)21-6-7-22(30-26(21)33-24)19-4-3-5-20(11-19)32-2/h3-7,11,15-18H,8-10,12-14,28H2,1-2H3,(H,29,31). The predicted octanol–water partition coefficient (Wildman–Crippen LogP) is 5.89. The number of fused-ring (bicyclic) bond motifs is 1. The molecule has 3 N–H and O–H groups in total. The highest BCUT2D eigenvalue weighted by Gasteiger charge is 2.53. The maximum Gasteiger partial charge on any atom is 0.263 e. The van der Waals surface area contributed by atoms with Gasteiger partial charge in [-0.1, -0.05) is 12.1 Å². The van der Waals surface area contributed by atoms with Crippen molar-refractivity contribution >= 4 is 33.1 Å². The van der Waals surface area contributed by atoms with Crippen LogP contribution >= 0.6 is 11.3 Å². The van der Waals surface area contributed by atoms with Gasteiger partial charge >= 0.3 is 0 Å². The summed E-state index contributed by atoms with van der Waals surface area (Å²) in [6.07, 6.45) is 8.04. The van der Waals surface area contributed by atoms with E-state index in [1.807, 2.05) is 36.4 Å². The number of nitrogens with zero attached hydrogens (tertiary/aromatic N) is 1. The molecule has 2 heterocycles. The summed E-state index contributed by atoms with van der Waals surface area (Å²) in [5, 5.41) is 4.21. The molecule has 4 bridgehead atoms. The van der Waals surface area contributed by atoms with E-state index in [4.69, 9.17) is 15.5 Å². The first-order valence-electron chi connectivity index (χ1n) is 12.1. The van der Waals surface area contributed by atoms with E-state index in [1.165, 1.54) is 49.9 Å². The molecule has 0 aliphatic heterocycles. The van der Waals surface area contributed by atoms with Crippen molar-refractivity contribution in [3.8, 4) is 17.0 Å². The average Bonchev–Trinajstić information content (AvgIpc) is 3.14. The fourth-order valence-corrected chi connectivity index (χ4v) is 8.23. The molecule has 1 amide bonds. The summed E-state index contributed by atoms with van der Waals surface area (Å²) >= 11 is 1.39. The van der Waals surface area contributed by atoms with E-state index in [1.54, 1.807) is 7.11 Å². The number of ether oxygens (including phenoxy) is 1. The maximum absolute atomic E-state index is 13.4. The van der Waals surface area contributed by atoms with Crippen LogP contribution in [-0.2, 0) is 0 Å². The number of pyridine rings is 1. The maximum atomic E-state index is 13.4. The van der Waals surface area contributed by atoms with E-state index >= 15 is 0 Å². The number of nitrogens with two attached hydrogens (primary N) is 1. The largest absolute Gasteiger partial charge is 0.497 e. The van der Waals surface area contributed by atoms with Gasteiger partial charge in [0.1, 0.15) is 15.5 Å². The van der Waals surface area contributed by atoms with Crippen LogP contribution in [0.2, 0.25) is 0 Å². The van der Waals surface area contributed by atoms with Gasteiger partial charge < -0.3 is 15.8 Å². The SMILES string of the molecule is COc1cccc(-c2ccc3c(N)c(C(=O)NC(C)C45CC6CC(CC(C6)C4)C5)sc3n2)c1. The van der Waals surface area contributed by atoms with Crippen LogP contribution in [0.15, 0.2) is 36.4 Å². The minimum atomic E-state index is -0.0540. The van der Waals surface area contributed by atoms with Gasteiger partial charge in [-0.15, -0.1) is 11.3 Å². The third kappa shape index (κ3) is 3.50. The Morgan fingerprint density at radius 3 is 2.52 bits per heavy atom. The van der Waals surface area contributed by atoms with Gasteiger partial charge in [-0.2, -0.15) is 0 Å². The minimum absolute atomic E-state index is 0.0540. The van der Waals surface area contributed by atoms with Crippen molar-refractivity contribution in [3.05, 3.63) is 41.3 Å². The lowest BCUT2D eigenvalue weighted by Gasteiger charge is -2.59. The normalized spacial score (nSPS) is 28.7. The van der Waals surface area contributed by atoms with Crippen molar-refractivity contribution in [2.24, 2.45) is 23.2 Å².